The second kappa shape index (κ2) is 5.02. The lowest BCUT2D eigenvalue weighted by atomic mass is 10.0. The van der Waals surface area contributed by atoms with Gasteiger partial charge in [-0.15, -0.1) is 0 Å². The van der Waals surface area contributed by atoms with Crippen LogP contribution in [0.1, 0.15) is 33.6 Å². The quantitative estimate of drug-likeness (QED) is 0.810. The average Bonchev–Trinajstić information content (AvgIpc) is 2.49. The van der Waals surface area contributed by atoms with Gasteiger partial charge in [0.25, 0.3) is 0 Å². The third-order valence-corrected chi connectivity index (χ3v) is 5.14. The molecule has 1 aliphatic rings. The molecular formula is C11H23NO3S. The van der Waals surface area contributed by atoms with E-state index in [1.165, 1.54) is 0 Å². The Balaban J connectivity index is 2.59. The number of hydrogen-bond acceptors (Lipinski definition) is 3. The van der Waals surface area contributed by atoms with Crippen molar-refractivity contribution in [2.45, 2.75) is 33.6 Å². The second-order valence-electron chi connectivity index (χ2n) is 5.84. The summed E-state index contributed by atoms with van der Waals surface area (Å²) in [6.07, 6.45) is 1.59. The molecule has 4 nitrogen and oxygen atoms in total. The Hall–Kier alpha value is -0.130. The van der Waals surface area contributed by atoms with Crippen LogP contribution in [0.3, 0.4) is 0 Å². The van der Waals surface area contributed by atoms with Crippen LogP contribution in [0.25, 0.3) is 0 Å². The molecule has 0 radical (unpaired) electrons. The summed E-state index contributed by atoms with van der Waals surface area (Å²) < 4.78 is 25.7. The Morgan fingerprint density at radius 3 is 2.50 bits per heavy atom. The zero-order valence-electron chi connectivity index (χ0n) is 10.4. The number of rotatable bonds is 4. The maximum absolute atomic E-state index is 12.1. The molecule has 96 valence electrons. The van der Waals surface area contributed by atoms with Crippen LogP contribution in [-0.4, -0.2) is 43.3 Å². The van der Waals surface area contributed by atoms with E-state index in [4.69, 9.17) is 5.11 Å². The summed E-state index contributed by atoms with van der Waals surface area (Å²) in [5.74, 6) is 0.533. The minimum atomic E-state index is -3.12. The van der Waals surface area contributed by atoms with Crippen LogP contribution < -0.4 is 0 Å². The normalized spacial score (nSPS) is 23.9. The van der Waals surface area contributed by atoms with E-state index in [1.807, 2.05) is 20.8 Å². The van der Waals surface area contributed by atoms with Gasteiger partial charge in [-0.05, 0) is 24.2 Å². The minimum Gasteiger partial charge on any atom is -0.396 e. The molecule has 0 aromatic heterocycles. The first-order valence-corrected chi connectivity index (χ1v) is 7.44. The molecule has 1 saturated heterocycles. The van der Waals surface area contributed by atoms with Gasteiger partial charge in [0.05, 0.1) is 5.75 Å². The van der Waals surface area contributed by atoms with Gasteiger partial charge in [-0.1, -0.05) is 20.8 Å². The number of sulfonamides is 1. The molecule has 1 fully saturated rings. The fourth-order valence-electron chi connectivity index (χ4n) is 2.11. The lowest BCUT2D eigenvalue weighted by Crippen LogP contribution is -2.35. The van der Waals surface area contributed by atoms with E-state index in [0.717, 1.165) is 6.42 Å². The molecule has 0 amide bonds. The summed E-state index contributed by atoms with van der Waals surface area (Å²) in [6.45, 7) is 7.16. The Labute approximate surface area is 98.7 Å². The molecule has 0 saturated carbocycles. The van der Waals surface area contributed by atoms with Crippen molar-refractivity contribution in [2.24, 2.45) is 11.3 Å². The summed E-state index contributed by atoms with van der Waals surface area (Å²) in [7, 11) is -3.12. The molecule has 1 unspecified atom stereocenters. The molecule has 0 spiro atoms. The zero-order valence-corrected chi connectivity index (χ0v) is 11.3. The van der Waals surface area contributed by atoms with Crippen LogP contribution in [0, 0.1) is 11.3 Å². The third kappa shape index (κ3) is 4.03. The van der Waals surface area contributed by atoms with E-state index in [2.05, 4.69) is 0 Å². The Kier molecular flexibility index (Phi) is 4.37. The van der Waals surface area contributed by atoms with Gasteiger partial charge in [-0.25, -0.2) is 12.7 Å². The van der Waals surface area contributed by atoms with Gasteiger partial charge < -0.3 is 5.11 Å². The fraction of sp³-hybridized carbons (Fsp3) is 1.00. The fourth-order valence-corrected chi connectivity index (χ4v) is 4.20. The lowest BCUT2D eigenvalue weighted by molar-refractivity contribution is 0.259. The summed E-state index contributed by atoms with van der Waals surface area (Å²) in [6, 6.07) is 0. The summed E-state index contributed by atoms with van der Waals surface area (Å²) in [5, 5.41) is 8.83. The molecule has 16 heavy (non-hydrogen) atoms. The van der Waals surface area contributed by atoms with Gasteiger partial charge >= 0.3 is 0 Å². The molecule has 1 rings (SSSR count). The highest BCUT2D eigenvalue weighted by atomic mass is 32.2. The monoisotopic (exact) mass is 249 g/mol. The number of aliphatic hydroxyl groups excluding tert-OH is 1. The Morgan fingerprint density at radius 2 is 2.00 bits per heavy atom. The van der Waals surface area contributed by atoms with Crippen molar-refractivity contribution in [1.29, 1.82) is 0 Å². The topological polar surface area (TPSA) is 57.6 Å². The first-order chi connectivity index (χ1) is 7.24. The van der Waals surface area contributed by atoms with Gasteiger partial charge in [0, 0.05) is 19.7 Å². The Morgan fingerprint density at radius 1 is 1.38 bits per heavy atom. The van der Waals surface area contributed by atoms with E-state index in [-0.39, 0.29) is 17.8 Å². The number of aliphatic hydroxyl groups is 1. The first kappa shape index (κ1) is 13.9. The van der Waals surface area contributed by atoms with E-state index in [1.54, 1.807) is 4.31 Å². The summed E-state index contributed by atoms with van der Waals surface area (Å²) in [5.41, 5.74) is -0.200. The molecule has 1 atom stereocenters. The molecule has 1 N–H and O–H groups in total. The molecule has 0 aromatic carbocycles. The molecule has 0 aromatic rings. The number of hydrogen-bond donors (Lipinski definition) is 1. The highest BCUT2D eigenvalue weighted by Gasteiger charge is 2.33. The van der Waals surface area contributed by atoms with E-state index < -0.39 is 10.0 Å². The highest BCUT2D eigenvalue weighted by Crippen LogP contribution is 2.25. The minimum absolute atomic E-state index is 0.151. The van der Waals surface area contributed by atoms with Crippen molar-refractivity contribution in [3.8, 4) is 0 Å². The summed E-state index contributed by atoms with van der Waals surface area (Å²) in [4.78, 5) is 0. The van der Waals surface area contributed by atoms with E-state index in [9.17, 15) is 8.42 Å². The Bertz CT molecular complexity index is 319. The van der Waals surface area contributed by atoms with Gasteiger partial charge in [0.2, 0.25) is 10.0 Å². The predicted octanol–water partition coefficient (Wildman–Crippen LogP) is 1.07. The van der Waals surface area contributed by atoms with Crippen molar-refractivity contribution >= 4 is 10.0 Å². The van der Waals surface area contributed by atoms with Crippen molar-refractivity contribution in [3.05, 3.63) is 0 Å². The highest BCUT2D eigenvalue weighted by molar-refractivity contribution is 7.89. The average molecular weight is 249 g/mol. The molecule has 0 bridgehead atoms. The standard InChI is InChI=1S/C11H23NO3S/c1-11(2,3)9-16(14,15)12-6-4-10(8-12)5-7-13/h10,13H,4-9H2,1-3H3. The second-order valence-corrected chi connectivity index (χ2v) is 7.81. The maximum atomic E-state index is 12.1. The van der Waals surface area contributed by atoms with Crippen molar-refractivity contribution in [3.63, 3.8) is 0 Å². The third-order valence-electron chi connectivity index (χ3n) is 2.79. The number of nitrogens with zero attached hydrogens (tertiary/aromatic N) is 1. The van der Waals surface area contributed by atoms with Crippen molar-refractivity contribution in [1.82, 2.24) is 4.31 Å². The van der Waals surface area contributed by atoms with Crippen LogP contribution in [0.4, 0.5) is 0 Å². The van der Waals surface area contributed by atoms with Crippen LogP contribution in [0.5, 0.6) is 0 Å². The molecule has 5 heteroatoms. The lowest BCUT2D eigenvalue weighted by Gasteiger charge is -2.23. The van der Waals surface area contributed by atoms with Gasteiger partial charge in [0.15, 0.2) is 0 Å². The first-order valence-electron chi connectivity index (χ1n) is 5.83. The van der Waals surface area contributed by atoms with Crippen molar-refractivity contribution < 1.29 is 13.5 Å². The maximum Gasteiger partial charge on any atom is 0.214 e. The van der Waals surface area contributed by atoms with Crippen LogP contribution in [-0.2, 0) is 10.0 Å². The molecule has 1 aliphatic heterocycles. The largest absolute Gasteiger partial charge is 0.396 e. The van der Waals surface area contributed by atoms with Gasteiger partial charge in [0.1, 0.15) is 0 Å². The van der Waals surface area contributed by atoms with Gasteiger partial charge in [-0.2, -0.15) is 0 Å². The predicted molar refractivity (Wildman–Crippen MR) is 64.6 cm³/mol. The SMILES string of the molecule is CC(C)(C)CS(=O)(=O)N1CCC(CCO)C1. The molecule has 0 aliphatic carbocycles. The van der Waals surface area contributed by atoms with Crippen LogP contribution >= 0.6 is 0 Å². The molecule has 1 heterocycles. The van der Waals surface area contributed by atoms with Crippen LogP contribution in [0.15, 0.2) is 0 Å². The van der Waals surface area contributed by atoms with E-state index >= 15 is 0 Å². The smallest absolute Gasteiger partial charge is 0.214 e. The molecular weight excluding hydrogens is 226 g/mol. The van der Waals surface area contributed by atoms with Crippen molar-refractivity contribution in [2.75, 3.05) is 25.4 Å². The summed E-state index contributed by atoms with van der Waals surface area (Å²) >= 11 is 0. The zero-order chi connectivity index (χ0) is 12.4. The van der Waals surface area contributed by atoms with Gasteiger partial charge in [-0.3, -0.25) is 0 Å². The van der Waals surface area contributed by atoms with E-state index in [0.29, 0.717) is 25.4 Å². The van der Waals surface area contributed by atoms with Crippen LogP contribution in [0.2, 0.25) is 0 Å².